The number of carbonyl (C=O) groups is 2. The molecular weight excluding hydrogens is 749 g/mol. The number of nitrogens with zero attached hydrogens (tertiary/aromatic N) is 1. The van der Waals surface area contributed by atoms with E-state index in [-0.39, 0.29) is 44.3 Å². The number of phosphoric ester groups is 1. The van der Waals surface area contributed by atoms with Crippen LogP contribution in [0.4, 0.5) is 0 Å². The van der Waals surface area contributed by atoms with Crippen molar-refractivity contribution in [2.24, 2.45) is 11.8 Å². The van der Waals surface area contributed by atoms with Gasteiger partial charge in [-0.2, -0.15) is 0 Å². The minimum atomic E-state index is -4.47. The molecule has 13 heteroatoms. The second-order valence-corrected chi connectivity index (χ2v) is 17.5. The predicted octanol–water partition coefficient (Wildman–Crippen LogP) is 8.06. The van der Waals surface area contributed by atoms with Gasteiger partial charge in [0, 0.05) is 18.8 Å². The molecule has 0 aliphatic heterocycles. The zero-order valence-corrected chi connectivity index (χ0v) is 36.5. The highest BCUT2D eigenvalue weighted by atomic mass is 31.2. The van der Waals surface area contributed by atoms with Crippen molar-refractivity contribution < 1.29 is 57.4 Å². The fraction of sp³-hybridized carbons (Fsp3) is 0.727. The Labute approximate surface area is 343 Å². The van der Waals surface area contributed by atoms with E-state index in [1.807, 2.05) is 21.1 Å². The second kappa shape index (κ2) is 31.5. The van der Waals surface area contributed by atoms with Crippen LogP contribution >= 0.6 is 7.82 Å². The van der Waals surface area contributed by atoms with Gasteiger partial charge in [-0.25, -0.2) is 4.57 Å². The molecule has 57 heavy (non-hydrogen) atoms. The number of ether oxygens (including phenoxy) is 2. The number of rotatable bonds is 33. The van der Waals surface area contributed by atoms with Crippen molar-refractivity contribution in [3.05, 3.63) is 60.8 Å². The van der Waals surface area contributed by atoms with Crippen LogP contribution in [-0.2, 0) is 32.7 Å². The average Bonchev–Trinajstić information content (AvgIpc) is 3.42. The molecule has 1 aliphatic carbocycles. The maximum atomic E-state index is 12.7. The maximum absolute atomic E-state index is 12.7. The van der Waals surface area contributed by atoms with Crippen LogP contribution in [0.15, 0.2) is 60.8 Å². The van der Waals surface area contributed by atoms with Gasteiger partial charge < -0.3 is 34.2 Å². The summed E-state index contributed by atoms with van der Waals surface area (Å²) in [4.78, 5) is 35.5. The van der Waals surface area contributed by atoms with Crippen molar-refractivity contribution in [2.75, 3.05) is 47.5 Å². The Bertz CT molecular complexity index is 1280. The lowest BCUT2D eigenvalue weighted by Crippen LogP contribution is -2.37. The number of hydrogen-bond donors (Lipinski definition) is 4. The van der Waals surface area contributed by atoms with Gasteiger partial charge in [-0.3, -0.25) is 18.6 Å². The lowest BCUT2D eigenvalue weighted by molar-refractivity contribution is -0.870. The SMILES string of the molecule is CCCCC/C=C\C/C=C\C/C=C\CCCCC(=O)O[C@H](COC(=O)C/C=C\C[C@H]1[C@@H](/C=C/[C@H](O)CCCCC)[C@H](O)C[C@@H]1O)COP(=O)(O)OCC[N+](C)(C)C. The molecule has 0 radical (unpaired) electrons. The van der Waals surface area contributed by atoms with Crippen LogP contribution in [0.25, 0.3) is 0 Å². The van der Waals surface area contributed by atoms with Gasteiger partial charge in [0.05, 0.1) is 52.5 Å². The Balaban J connectivity index is 2.62. The highest BCUT2D eigenvalue weighted by Crippen LogP contribution is 2.43. The van der Waals surface area contributed by atoms with E-state index in [4.69, 9.17) is 18.5 Å². The van der Waals surface area contributed by atoms with Gasteiger partial charge in [-0.05, 0) is 63.7 Å². The third kappa shape index (κ3) is 28.6. The van der Waals surface area contributed by atoms with Crippen molar-refractivity contribution in [3.63, 3.8) is 0 Å². The van der Waals surface area contributed by atoms with Crippen LogP contribution in [0.2, 0.25) is 0 Å². The van der Waals surface area contributed by atoms with Crippen molar-refractivity contribution in [3.8, 4) is 0 Å². The molecule has 4 N–H and O–H groups in total. The Kier molecular flexibility index (Phi) is 29.1. The van der Waals surface area contributed by atoms with Crippen LogP contribution in [-0.4, -0.2) is 109 Å². The van der Waals surface area contributed by atoms with Crippen molar-refractivity contribution in [2.45, 2.75) is 147 Å². The van der Waals surface area contributed by atoms with Gasteiger partial charge in [0.2, 0.25) is 0 Å². The molecule has 1 aliphatic rings. The minimum Gasteiger partial charge on any atom is -0.461 e. The number of quaternary nitrogens is 1. The van der Waals surface area contributed by atoms with Crippen LogP contribution in [0.1, 0.15) is 123 Å². The molecule has 1 fully saturated rings. The van der Waals surface area contributed by atoms with E-state index in [2.05, 4.69) is 50.3 Å². The van der Waals surface area contributed by atoms with E-state index < -0.39 is 50.8 Å². The van der Waals surface area contributed by atoms with E-state index >= 15 is 0 Å². The first-order valence-corrected chi connectivity index (χ1v) is 22.8. The second-order valence-electron chi connectivity index (χ2n) is 16.0. The number of aliphatic hydroxyl groups is 3. The molecule has 0 heterocycles. The van der Waals surface area contributed by atoms with Crippen LogP contribution in [0, 0.1) is 11.8 Å². The third-order valence-corrected chi connectivity index (χ3v) is 10.6. The number of hydrogen-bond acceptors (Lipinski definition) is 10. The van der Waals surface area contributed by atoms with Gasteiger partial charge in [-0.1, -0.05) is 107 Å². The van der Waals surface area contributed by atoms with Gasteiger partial charge in [0.1, 0.15) is 19.8 Å². The van der Waals surface area contributed by atoms with Crippen molar-refractivity contribution in [1.29, 1.82) is 0 Å². The number of likely N-dealkylation sites (N-methyl/N-ethyl adjacent to an activating group) is 1. The fourth-order valence-electron chi connectivity index (χ4n) is 6.17. The summed E-state index contributed by atoms with van der Waals surface area (Å²) in [5.41, 5.74) is 0. The molecule has 0 aromatic heterocycles. The Morgan fingerprint density at radius 1 is 0.789 bits per heavy atom. The monoisotopic (exact) mass is 827 g/mol. The third-order valence-electron chi connectivity index (χ3n) is 9.62. The summed E-state index contributed by atoms with van der Waals surface area (Å²) in [7, 11) is 1.27. The highest BCUT2D eigenvalue weighted by Gasteiger charge is 2.39. The number of phosphoric acid groups is 1. The standard InChI is InChI=1S/C44H76NO11P/c1-6-8-10-11-12-13-14-15-16-17-18-19-20-21-23-29-44(50)56-38(36-55-57(51,52)54-33-32-45(3,4)5)35-53-43(49)28-25-24-27-39-40(42(48)34-41(39)47)31-30-37(46)26-22-9-7-2/h12-13,15-16,18-19,24-25,30-31,37-42,46-48H,6-11,14,17,20-23,26-29,32-36H2,1-5H3/p+1/b13-12-,16-15-,19-18-,25-24-,31-30+/t37-,38-,39+,40-,41+,42-/m1/s1. The summed E-state index contributed by atoms with van der Waals surface area (Å²) in [5.74, 6) is -1.75. The molecule has 0 aromatic carbocycles. The van der Waals surface area contributed by atoms with Gasteiger partial charge in [-0.15, -0.1) is 0 Å². The summed E-state index contributed by atoms with van der Waals surface area (Å²) in [6.07, 6.45) is 29.8. The first-order valence-electron chi connectivity index (χ1n) is 21.3. The molecule has 1 rings (SSSR count). The Morgan fingerprint density at radius 3 is 2.07 bits per heavy atom. The number of unbranched alkanes of at least 4 members (excludes halogenated alkanes) is 7. The molecule has 1 saturated carbocycles. The topological polar surface area (TPSA) is 169 Å². The molecule has 7 atom stereocenters. The van der Waals surface area contributed by atoms with Gasteiger partial charge in [0.15, 0.2) is 6.10 Å². The van der Waals surface area contributed by atoms with Crippen LogP contribution in [0.5, 0.6) is 0 Å². The molecule has 12 nitrogen and oxygen atoms in total. The van der Waals surface area contributed by atoms with E-state index in [0.29, 0.717) is 30.3 Å². The van der Waals surface area contributed by atoms with Crippen LogP contribution < -0.4 is 0 Å². The zero-order valence-electron chi connectivity index (χ0n) is 35.6. The molecule has 0 spiro atoms. The van der Waals surface area contributed by atoms with Crippen molar-refractivity contribution >= 4 is 19.8 Å². The highest BCUT2D eigenvalue weighted by molar-refractivity contribution is 7.47. The quantitative estimate of drug-likeness (QED) is 0.0166. The molecule has 1 unspecified atom stereocenters. The number of esters is 2. The minimum absolute atomic E-state index is 0.0286. The molecule has 0 aromatic rings. The van der Waals surface area contributed by atoms with Gasteiger partial charge >= 0.3 is 19.8 Å². The largest absolute Gasteiger partial charge is 0.472 e. The maximum Gasteiger partial charge on any atom is 0.472 e. The van der Waals surface area contributed by atoms with E-state index in [0.717, 1.165) is 51.4 Å². The lowest BCUT2D eigenvalue weighted by atomic mass is 9.89. The smallest absolute Gasteiger partial charge is 0.461 e. The first kappa shape index (κ1) is 52.6. The Morgan fingerprint density at radius 2 is 1.42 bits per heavy atom. The summed E-state index contributed by atoms with van der Waals surface area (Å²) in [5, 5.41) is 31.4. The molecule has 0 bridgehead atoms. The van der Waals surface area contributed by atoms with Gasteiger partial charge in [0.25, 0.3) is 0 Å². The fourth-order valence-corrected chi connectivity index (χ4v) is 6.91. The molecular formula is C44H77NO11P+. The van der Waals surface area contributed by atoms with E-state index in [9.17, 15) is 34.4 Å². The van der Waals surface area contributed by atoms with E-state index in [1.54, 1.807) is 24.3 Å². The first-order chi connectivity index (χ1) is 27.2. The summed E-state index contributed by atoms with van der Waals surface area (Å²) in [6, 6.07) is 0. The average molecular weight is 827 g/mol. The molecule has 328 valence electrons. The van der Waals surface area contributed by atoms with E-state index in [1.165, 1.54) is 19.3 Å². The summed E-state index contributed by atoms with van der Waals surface area (Å²) in [6.45, 7) is 3.84. The van der Waals surface area contributed by atoms with Crippen LogP contribution in [0.3, 0.4) is 0 Å². The normalized spacial score (nSPS) is 21.4. The summed E-state index contributed by atoms with van der Waals surface area (Å²) < 4.78 is 34.1. The number of aliphatic hydroxyl groups excluding tert-OH is 3. The predicted molar refractivity (Wildman–Crippen MR) is 226 cm³/mol. The van der Waals surface area contributed by atoms with Crippen molar-refractivity contribution in [1.82, 2.24) is 0 Å². The molecule has 0 saturated heterocycles. The Hall–Kier alpha value is -2.41. The zero-order chi connectivity index (χ0) is 42.4. The number of carbonyl (C=O) groups excluding carboxylic acids is 2. The summed E-state index contributed by atoms with van der Waals surface area (Å²) >= 11 is 0. The molecule has 0 amide bonds. The lowest BCUT2D eigenvalue weighted by Gasteiger charge is -2.24. The number of allylic oxidation sites excluding steroid dienone is 7.